The first kappa shape index (κ1) is 10.4. The number of hydrazone groups is 1. The number of nitrogens with zero attached hydrogens (tertiary/aromatic N) is 1. The molecule has 0 spiro atoms. The summed E-state index contributed by atoms with van der Waals surface area (Å²) in [6.07, 6.45) is 0.361. The molecule has 0 saturated heterocycles. The van der Waals surface area contributed by atoms with E-state index in [1.165, 1.54) is 6.82 Å². The second-order valence-electron chi connectivity index (χ2n) is 3.34. The molecule has 0 amide bonds. The van der Waals surface area contributed by atoms with Gasteiger partial charge in [0.1, 0.15) is 0 Å². The Balaban J connectivity index is 2.36. The van der Waals surface area contributed by atoms with Gasteiger partial charge in [-0.15, -0.1) is 0 Å². The summed E-state index contributed by atoms with van der Waals surface area (Å²) in [6, 6.07) is 0. The lowest BCUT2D eigenvalue weighted by atomic mass is 9.91. The van der Waals surface area contributed by atoms with E-state index in [-0.39, 0.29) is 12.8 Å². The smallest absolute Gasteiger partial charge is 0.423 e. The van der Waals surface area contributed by atoms with Crippen LogP contribution in [0.1, 0.15) is 25.7 Å². The summed E-state index contributed by atoms with van der Waals surface area (Å²) in [7, 11) is -0.727. The van der Waals surface area contributed by atoms with Crippen LogP contribution in [-0.2, 0) is 0 Å². The van der Waals surface area contributed by atoms with Crippen molar-refractivity contribution in [2.24, 2.45) is 5.10 Å². The lowest BCUT2D eigenvalue weighted by molar-refractivity contribution is -0.0181. The van der Waals surface area contributed by atoms with Crippen LogP contribution in [0.25, 0.3) is 0 Å². The summed E-state index contributed by atoms with van der Waals surface area (Å²) < 4.78 is 25.3. The molecule has 1 fully saturated rings. The maximum atomic E-state index is 12.7. The van der Waals surface area contributed by atoms with E-state index in [2.05, 4.69) is 10.4 Å². The number of rotatable bonds is 2. The van der Waals surface area contributed by atoms with E-state index in [1.54, 1.807) is 0 Å². The van der Waals surface area contributed by atoms with E-state index >= 15 is 0 Å². The fraction of sp³-hybridized carbons (Fsp3) is 0.857. The highest BCUT2D eigenvalue weighted by molar-refractivity contribution is 6.45. The molecule has 1 aliphatic carbocycles. The molecule has 0 unspecified atom stereocenters. The van der Waals surface area contributed by atoms with Crippen molar-refractivity contribution in [1.82, 2.24) is 5.34 Å². The third kappa shape index (κ3) is 3.72. The monoisotopic (exact) mass is 190 g/mol. The third-order valence-electron chi connectivity index (χ3n) is 1.97. The van der Waals surface area contributed by atoms with E-state index in [1.807, 2.05) is 0 Å². The fourth-order valence-corrected chi connectivity index (χ4v) is 1.20. The molecule has 0 radical (unpaired) electrons. The fourth-order valence-electron chi connectivity index (χ4n) is 1.20. The Morgan fingerprint density at radius 2 is 2.00 bits per heavy atom. The largest absolute Gasteiger partial charge is 0.432 e. The third-order valence-corrected chi connectivity index (χ3v) is 1.97. The summed E-state index contributed by atoms with van der Waals surface area (Å²) in [6.45, 7) is 1.53. The van der Waals surface area contributed by atoms with Crippen molar-refractivity contribution in [3.63, 3.8) is 0 Å². The summed E-state index contributed by atoms with van der Waals surface area (Å²) in [5.41, 5.74) is 0.715. The maximum absolute atomic E-state index is 12.7. The van der Waals surface area contributed by atoms with Crippen molar-refractivity contribution in [2.45, 2.75) is 38.4 Å². The van der Waals surface area contributed by atoms with Gasteiger partial charge in [-0.05, 0) is 19.7 Å². The second-order valence-corrected chi connectivity index (χ2v) is 3.34. The predicted octanol–water partition coefficient (Wildman–Crippen LogP) is 1.25. The number of nitrogens with one attached hydrogen (secondary N) is 1. The first-order valence-corrected chi connectivity index (χ1v) is 4.36. The van der Waals surface area contributed by atoms with Gasteiger partial charge in [-0.2, -0.15) is 0 Å². The summed E-state index contributed by atoms with van der Waals surface area (Å²) in [5, 5.41) is 15.1. The normalized spacial score (nSPS) is 21.1. The zero-order chi connectivity index (χ0) is 9.90. The van der Waals surface area contributed by atoms with Crippen molar-refractivity contribution in [3.8, 4) is 0 Å². The van der Waals surface area contributed by atoms with Crippen LogP contribution in [0.2, 0.25) is 6.82 Å². The minimum atomic E-state index is -2.52. The first-order chi connectivity index (χ1) is 5.99. The lowest BCUT2D eigenvalue weighted by Gasteiger charge is -2.22. The van der Waals surface area contributed by atoms with Crippen LogP contribution in [0.4, 0.5) is 8.78 Å². The average Bonchev–Trinajstić information content (AvgIpc) is 2.02. The van der Waals surface area contributed by atoms with E-state index < -0.39 is 13.0 Å². The van der Waals surface area contributed by atoms with Crippen LogP contribution in [-0.4, -0.2) is 23.7 Å². The molecule has 0 aromatic rings. The van der Waals surface area contributed by atoms with E-state index in [0.29, 0.717) is 18.6 Å². The van der Waals surface area contributed by atoms with Crippen LogP contribution in [0.5, 0.6) is 0 Å². The molecular formula is C7H13BF2N2O. The molecule has 3 nitrogen and oxygen atoms in total. The molecule has 74 valence electrons. The van der Waals surface area contributed by atoms with Gasteiger partial charge in [-0.3, -0.25) is 0 Å². The van der Waals surface area contributed by atoms with Crippen LogP contribution >= 0.6 is 0 Å². The van der Waals surface area contributed by atoms with E-state index in [4.69, 9.17) is 5.02 Å². The number of alkyl halides is 2. The Morgan fingerprint density at radius 3 is 2.46 bits per heavy atom. The van der Waals surface area contributed by atoms with Crippen LogP contribution in [0, 0.1) is 0 Å². The highest BCUT2D eigenvalue weighted by Gasteiger charge is 2.33. The van der Waals surface area contributed by atoms with Crippen molar-refractivity contribution in [1.29, 1.82) is 0 Å². The van der Waals surface area contributed by atoms with Gasteiger partial charge in [0.25, 0.3) is 0 Å². The molecule has 2 N–H and O–H groups in total. The molecule has 0 aromatic heterocycles. The summed E-state index contributed by atoms with van der Waals surface area (Å²) in [4.78, 5) is 0. The summed E-state index contributed by atoms with van der Waals surface area (Å²) in [5.74, 6) is -2.52. The van der Waals surface area contributed by atoms with Gasteiger partial charge < -0.3 is 10.4 Å². The molecule has 6 heteroatoms. The molecule has 0 aromatic carbocycles. The quantitative estimate of drug-likeness (QED) is 0.508. The van der Waals surface area contributed by atoms with Gasteiger partial charge in [0.15, 0.2) is 0 Å². The predicted molar refractivity (Wildman–Crippen MR) is 47.8 cm³/mol. The summed E-state index contributed by atoms with van der Waals surface area (Å²) >= 11 is 0. The molecule has 0 atom stereocenters. The van der Waals surface area contributed by atoms with E-state index in [0.717, 1.165) is 0 Å². The average molecular weight is 190 g/mol. The van der Waals surface area contributed by atoms with Gasteiger partial charge in [0.05, 0.1) is 0 Å². The van der Waals surface area contributed by atoms with Crippen LogP contribution in [0.3, 0.4) is 0 Å². The highest BCUT2D eigenvalue weighted by Crippen LogP contribution is 2.31. The van der Waals surface area contributed by atoms with Gasteiger partial charge in [0.2, 0.25) is 5.92 Å². The Kier molecular flexibility index (Phi) is 3.25. The van der Waals surface area contributed by atoms with Gasteiger partial charge in [-0.1, -0.05) is 0 Å². The number of halogens is 2. The highest BCUT2D eigenvalue weighted by atomic mass is 19.3. The second kappa shape index (κ2) is 4.04. The molecule has 1 rings (SSSR count). The Labute approximate surface area is 76.3 Å². The Morgan fingerprint density at radius 1 is 1.46 bits per heavy atom. The first-order valence-electron chi connectivity index (χ1n) is 4.36. The number of hydrogen-bond donors (Lipinski definition) is 2. The van der Waals surface area contributed by atoms with Gasteiger partial charge in [0, 0.05) is 18.6 Å². The zero-order valence-electron chi connectivity index (χ0n) is 7.56. The molecule has 0 bridgehead atoms. The van der Waals surface area contributed by atoms with Gasteiger partial charge >= 0.3 is 7.05 Å². The van der Waals surface area contributed by atoms with Crippen molar-refractivity contribution >= 4 is 12.8 Å². The lowest BCUT2D eigenvalue weighted by Crippen LogP contribution is -2.30. The molecule has 1 saturated carbocycles. The Hall–Kier alpha value is -0.645. The van der Waals surface area contributed by atoms with Crippen LogP contribution < -0.4 is 5.34 Å². The minimum Gasteiger partial charge on any atom is -0.432 e. The zero-order valence-corrected chi connectivity index (χ0v) is 7.56. The van der Waals surface area contributed by atoms with Crippen molar-refractivity contribution in [3.05, 3.63) is 0 Å². The minimum absolute atomic E-state index is 0.132. The molecule has 0 aliphatic heterocycles. The Bertz CT molecular complexity index is 197. The van der Waals surface area contributed by atoms with Crippen molar-refractivity contribution in [2.75, 3.05) is 0 Å². The SMILES string of the molecule is CB(O)NN=C1CCC(F)(F)CC1. The maximum Gasteiger partial charge on any atom is 0.423 e. The standard InChI is InChI=1S/C7H13BF2N2O/c1-8(13)12-11-6-2-4-7(9,10)5-3-6/h12-13H,2-5H2,1H3. The van der Waals surface area contributed by atoms with E-state index in [9.17, 15) is 8.78 Å². The number of hydrogen-bond acceptors (Lipinski definition) is 3. The molecule has 1 aliphatic rings. The van der Waals surface area contributed by atoms with Crippen molar-refractivity contribution < 1.29 is 13.8 Å². The molecular weight excluding hydrogens is 177 g/mol. The van der Waals surface area contributed by atoms with Crippen LogP contribution in [0.15, 0.2) is 5.10 Å². The topological polar surface area (TPSA) is 44.6 Å². The van der Waals surface area contributed by atoms with Gasteiger partial charge in [-0.25, -0.2) is 13.9 Å². The molecule has 13 heavy (non-hydrogen) atoms. The molecule has 0 heterocycles.